The number of anilines is 1. The molecule has 0 unspecified atom stereocenters. The average Bonchev–Trinajstić information content (AvgIpc) is 2.61. The number of nitrogens with one attached hydrogen (secondary N) is 1. The number of hydrogen-bond acceptors (Lipinski definition) is 5. The van der Waals surface area contributed by atoms with Gasteiger partial charge in [-0.05, 0) is 24.3 Å². The Balaban J connectivity index is 2.04. The van der Waals surface area contributed by atoms with Crippen molar-refractivity contribution in [2.45, 2.75) is 0 Å². The molecule has 1 N–H and O–H groups in total. The second kappa shape index (κ2) is 7.89. The van der Waals surface area contributed by atoms with Crippen LogP contribution in [0.25, 0.3) is 0 Å². The van der Waals surface area contributed by atoms with E-state index in [1.54, 1.807) is 63.9 Å². The molecule has 0 aliphatic heterocycles. The Morgan fingerprint density at radius 2 is 1.74 bits per heavy atom. The molecule has 0 heterocycles. The third-order valence-electron chi connectivity index (χ3n) is 3.22. The van der Waals surface area contributed by atoms with Crippen molar-refractivity contribution in [1.29, 1.82) is 0 Å². The Morgan fingerprint density at radius 3 is 2.43 bits per heavy atom. The largest absolute Gasteiger partial charge is 0.497 e. The van der Waals surface area contributed by atoms with Gasteiger partial charge in [-0.1, -0.05) is 12.1 Å². The van der Waals surface area contributed by atoms with E-state index in [-0.39, 0.29) is 5.78 Å². The first-order chi connectivity index (χ1) is 11.2. The van der Waals surface area contributed by atoms with Gasteiger partial charge in [-0.15, -0.1) is 0 Å². The standard InChI is InChI=1S/C18H19NO4/c1-21-15-6-4-5-13(11-15)16(20)9-10-19-14-7-8-17(22-2)18(12-14)23-3/h4-12,19H,1-3H3/b10-9-. The Kier molecular flexibility index (Phi) is 5.63. The molecule has 0 amide bonds. The van der Waals surface area contributed by atoms with Crippen molar-refractivity contribution in [2.24, 2.45) is 0 Å². The Morgan fingerprint density at radius 1 is 0.957 bits per heavy atom. The number of benzene rings is 2. The molecular formula is C18H19NO4. The van der Waals surface area contributed by atoms with Gasteiger partial charge in [0.15, 0.2) is 17.3 Å². The summed E-state index contributed by atoms with van der Waals surface area (Å²) in [6, 6.07) is 12.4. The van der Waals surface area contributed by atoms with E-state index in [2.05, 4.69) is 5.32 Å². The van der Waals surface area contributed by atoms with Gasteiger partial charge in [0, 0.05) is 29.6 Å². The number of ether oxygens (including phenoxy) is 3. The number of carbonyl (C=O) groups excluding carboxylic acids is 1. The van der Waals surface area contributed by atoms with Crippen molar-refractivity contribution < 1.29 is 19.0 Å². The molecule has 0 aromatic heterocycles. The predicted molar refractivity (Wildman–Crippen MR) is 89.6 cm³/mol. The molecule has 0 spiro atoms. The van der Waals surface area contributed by atoms with Crippen molar-refractivity contribution >= 4 is 11.5 Å². The quantitative estimate of drug-likeness (QED) is 0.626. The highest BCUT2D eigenvalue weighted by atomic mass is 16.5. The van der Waals surface area contributed by atoms with Gasteiger partial charge in [-0.2, -0.15) is 0 Å². The number of ketones is 1. The second-order valence-corrected chi connectivity index (χ2v) is 4.64. The van der Waals surface area contributed by atoms with E-state index in [0.717, 1.165) is 5.69 Å². The van der Waals surface area contributed by atoms with Crippen LogP contribution < -0.4 is 19.5 Å². The van der Waals surface area contributed by atoms with Gasteiger partial charge in [0.25, 0.3) is 0 Å². The first-order valence-electron chi connectivity index (χ1n) is 7.01. The Labute approximate surface area is 135 Å². The third kappa shape index (κ3) is 4.26. The molecule has 23 heavy (non-hydrogen) atoms. The average molecular weight is 313 g/mol. The summed E-state index contributed by atoms with van der Waals surface area (Å²) in [5.74, 6) is 1.80. The number of methoxy groups -OCH3 is 3. The van der Waals surface area contributed by atoms with Gasteiger partial charge < -0.3 is 19.5 Å². The van der Waals surface area contributed by atoms with Crippen LogP contribution in [0.2, 0.25) is 0 Å². The summed E-state index contributed by atoms with van der Waals surface area (Å²) in [7, 11) is 4.72. The zero-order chi connectivity index (χ0) is 16.7. The number of allylic oxidation sites excluding steroid dienone is 1. The molecule has 0 saturated heterocycles. The maximum absolute atomic E-state index is 12.1. The lowest BCUT2D eigenvalue weighted by molar-refractivity contribution is 0.104. The lowest BCUT2D eigenvalue weighted by Crippen LogP contribution is -1.97. The fraction of sp³-hybridized carbons (Fsp3) is 0.167. The SMILES string of the molecule is COc1cccc(C(=O)/C=C\Nc2ccc(OC)c(OC)c2)c1. The van der Waals surface area contributed by atoms with Crippen molar-refractivity contribution in [2.75, 3.05) is 26.6 Å². The molecule has 0 bridgehead atoms. The molecule has 0 aliphatic rings. The van der Waals surface area contributed by atoms with Crippen LogP contribution in [-0.4, -0.2) is 27.1 Å². The first kappa shape index (κ1) is 16.4. The van der Waals surface area contributed by atoms with E-state index in [1.165, 1.54) is 6.08 Å². The molecule has 0 fully saturated rings. The summed E-state index contributed by atoms with van der Waals surface area (Å²) >= 11 is 0. The van der Waals surface area contributed by atoms with Crippen LogP contribution in [0.1, 0.15) is 10.4 Å². The molecule has 120 valence electrons. The van der Waals surface area contributed by atoms with E-state index in [0.29, 0.717) is 22.8 Å². The normalized spacial score (nSPS) is 10.4. The number of rotatable bonds is 7. The minimum atomic E-state index is -0.114. The van der Waals surface area contributed by atoms with Gasteiger partial charge in [0.1, 0.15) is 5.75 Å². The summed E-state index contributed by atoms with van der Waals surface area (Å²) in [5, 5.41) is 3.03. The topological polar surface area (TPSA) is 56.8 Å². The third-order valence-corrected chi connectivity index (χ3v) is 3.22. The van der Waals surface area contributed by atoms with Crippen LogP contribution >= 0.6 is 0 Å². The molecular weight excluding hydrogens is 294 g/mol. The molecule has 0 atom stereocenters. The van der Waals surface area contributed by atoms with Gasteiger partial charge in [-0.3, -0.25) is 4.79 Å². The van der Waals surface area contributed by atoms with Crippen molar-refractivity contribution in [3.63, 3.8) is 0 Å². The minimum absolute atomic E-state index is 0.114. The molecule has 5 heteroatoms. The zero-order valence-corrected chi connectivity index (χ0v) is 13.3. The molecule has 0 saturated carbocycles. The molecule has 0 aliphatic carbocycles. The van der Waals surface area contributed by atoms with E-state index < -0.39 is 0 Å². The first-order valence-corrected chi connectivity index (χ1v) is 7.01. The monoisotopic (exact) mass is 313 g/mol. The molecule has 5 nitrogen and oxygen atoms in total. The van der Waals surface area contributed by atoms with Crippen molar-refractivity contribution in [1.82, 2.24) is 0 Å². The van der Waals surface area contributed by atoms with Crippen molar-refractivity contribution in [3.8, 4) is 17.2 Å². The maximum atomic E-state index is 12.1. The van der Waals surface area contributed by atoms with Crippen LogP contribution in [0.5, 0.6) is 17.2 Å². The number of hydrogen-bond donors (Lipinski definition) is 1. The van der Waals surface area contributed by atoms with Gasteiger partial charge in [0.2, 0.25) is 0 Å². The van der Waals surface area contributed by atoms with Gasteiger partial charge >= 0.3 is 0 Å². The van der Waals surface area contributed by atoms with Crippen LogP contribution in [0.15, 0.2) is 54.7 Å². The Hall–Kier alpha value is -2.95. The Bertz CT molecular complexity index is 710. The summed E-state index contributed by atoms with van der Waals surface area (Å²) < 4.78 is 15.5. The van der Waals surface area contributed by atoms with Crippen LogP contribution in [0.3, 0.4) is 0 Å². The van der Waals surface area contributed by atoms with Gasteiger partial charge in [-0.25, -0.2) is 0 Å². The van der Waals surface area contributed by atoms with Gasteiger partial charge in [0.05, 0.1) is 21.3 Å². The molecule has 0 radical (unpaired) electrons. The zero-order valence-electron chi connectivity index (χ0n) is 13.3. The highest BCUT2D eigenvalue weighted by Crippen LogP contribution is 2.29. The summed E-state index contributed by atoms with van der Waals surface area (Å²) in [6.07, 6.45) is 3.05. The summed E-state index contributed by atoms with van der Waals surface area (Å²) in [5.41, 5.74) is 1.35. The second-order valence-electron chi connectivity index (χ2n) is 4.64. The van der Waals surface area contributed by atoms with Crippen LogP contribution in [0, 0.1) is 0 Å². The lowest BCUT2D eigenvalue weighted by atomic mass is 10.1. The van der Waals surface area contributed by atoms with Crippen LogP contribution in [0.4, 0.5) is 5.69 Å². The van der Waals surface area contributed by atoms with E-state index in [4.69, 9.17) is 14.2 Å². The highest BCUT2D eigenvalue weighted by molar-refractivity contribution is 6.04. The molecule has 2 aromatic rings. The van der Waals surface area contributed by atoms with Crippen molar-refractivity contribution in [3.05, 3.63) is 60.3 Å². The smallest absolute Gasteiger partial charge is 0.187 e. The summed E-state index contributed by atoms with van der Waals surface area (Å²) in [4.78, 5) is 12.1. The lowest BCUT2D eigenvalue weighted by Gasteiger charge is -2.09. The fourth-order valence-corrected chi connectivity index (χ4v) is 2.01. The molecule has 2 rings (SSSR count). The number of carbonyl (C=O) groups is 1. The summed E-state index contributed by atoms with van der Waals surface area (Å²) in [6.45, 7) is 0. The van der Waals surface area contributed by atoms with Crippen LogP contribution in [-0.2, 0) is 0 Å². The highest BCUT2D eigenvalue weighted by Gasteiger charge is 2.04. The van der Waals surface area contributed by atoms with E-state index in [9.17, 15) is 4.79 Å². The van der Waals surface area contributed by atoms with E-state index >= 15 is 0 Å². The maximum Gasteiger partial charge on any atom is 0.187 e. The minimum Gasteiger partial charge on any atom is -0.497 e. The molecule has 2 aromatic carbocycles. The van der Waals surface area contributed by atoms with E-state index in [1.807, 2.05) is 6.07 Å². The predicted octanol–water partition coefficient (Wildman–Crippen LogP) is 3.52. The fourth-order valence-electron chi connectivity index (χ4n) is 2.01.